The van der Waals surface area contributed by atoms with Gasteiger partial charge in [0.25, 0.3) is 0 Å². The smallest absolute Gasteiger partial charge is 0.424 e. The van der Waals surface area contributed by atoms with Crippen LogP contribution in [0.4, 0.5) is 15.3 Å². The van der Waals surface area contributed by atoms with Gasteiger partial charge in [0.2, 0.25) is 0 Å². The summed E-state index contributed by atoms with van der Waals surface area (Å²) in [6.45, 7) is 8.24. The minimum absolute atomic E-state index is 0.0579. The van der Waals surface area contributed by atoms with Crippen LogP contribution in [0.2, 0.25) is 0 Å². The summed E-state index contributed by atoms with van der Waals surface area (Å²) < 4.78 is 32.9. The number of aliphatic carboxylic acids is 1. The van der Waals surface area contributed by atoms with E-state index < -0.39 is 40.6 Å². The Bertz CT molecular complexity index is 1810. The van der Waals surface area contributed by atoms with Crippen LogP contribution >= 0.6 is 15.9 Å². The number of imide groups is 1. The van der Waals surface area contributed by atoms with Gasteiger partial charge in [0.1, 0.15) is 23.1 Å². The quantitative estimate of drug-likeness (QED) is 0.184. The second kappa shape index (κ2) is 12.5. The summed E-state index contributed by atoms with van der Waals surface area (Å²) in [5, 5.41) is 11.9. The molecule has 1 N–H and O–H groups in total. The van der Waals surface area contributed by atoms with Crippen LogP contribution in [0.1, 0.15) is 71.8 Å². The number of anilines is 1. The second-order valence-electron chi connectivity index (χ2n) is 12.0. The average Bonchev–Trinajstić information content (AvgIpc) is 3.74. The van der Waals surface area contributed by atoms with Crippen molar-refractivity contribution in [3.8, 4) is 22.5 Å². The van der Waals surface area contributed by atoms with E-state index in [1.54, 1.807) is 71.0 Å². The molecule has 4 aromatic rings. The van der Waals surface area contributed by atoms with Crippen LogP contribution in [0, 0.1) is 6.92 Å². The molecule has 5 rings (SSSR count). The number of carbonyl (C=O) groups excluding carboxylic acids is 2. The predicted molar refractivity (Wildman–Crippen MR) is 173 cm³/mol. The lowest BCUT2D eigenvalue weighted by atomic mass is 9.93. The van der Waals surface area contributed by atoms with Crippen molar-refractivity contribution in [2.24, 2.45) is 0 Å². The van der Waals surface area contributed by atoms with Gasteiger partial charge in [-0.2, -0.15) is 4.90 Å². The number of halogens is 1. The Hall–Kier alpha value is -4.44. The first-order valence-corrected chi connectivity index (χ1v) is 15.2. The van der Waals surface area contributed by atoms with Crippen molar-refractivity contribution in [1.29, 1.82) is 0 Å². The SMILES string of the molecule is [2H]C([2H])(Br)c1cccc(C(C)OC(=O)N(C(=O)OC(C)(C)C)c2c(C)noc2-c2ccc(-c3ccc(C4(C(=O)O)CC4)cc3)cc2)c1. The standard InChI is InChI=1S/C35H35BrN2O7/c1-21-29(38(33(42)44-34(3,4)5)32(41)43-22(2)27-8-6-7-23(19-27)20-36)30(45-37-21)26-11-9-24(10-12-26)25-13-15-28(16-14-25)35(17-18-35)31(39)40/h6-16,19,22H,17-18,20H2,1-5H3,(H,39,40)/i20D2. The van der Waals surface area contributed by atoms with E-state index in [1.165, 1.54) is 0 Å². The molecule has 1 fully saturated rings. The number of amides is 2. The van der Waals surface area contributed by atoms with E-state index in [0.717, 1.165) is 21.6 Å². The van der Waals surface area contributed by atoms with Gasteiger partial charge < -0.3 is 19.1 Å². The third-order valence-electron chi connectivity index (χ3n) is 7.63. The highest BCUT2D eigenvalue weighted by Gasteiger charge is 2.51. The van der Waals surface area contributed by atoms with Crippen LogP contribution in [0.25, 0.3) is 22.5 Å². The van der Waals surface area contributed by atoms with Crippen molar-refractivity contribution < 1.29 is 36.2 Å². The summed E-state index contributed by atoms with van der Waals surface area (Å²) in [5.41, 5.74) is 2.51. The van der Waals surface area contributed by atoms with Gasteiger partial charge in [-0.3, -0.25) is 4.79 Å². The number of carboxylic acids is 1. The van der Waals surface area contributed by atoms with Crippen LogP contribution in [-0.4, -0.2) is 34.0 Å². The van der Waals surface area contributed by atoms with Crippen molar-refractivity contribution in [3.63, 3.8) is 0 Å². The maximum absolute atomic E-state index is 13.8. The van der Waals surface area contributed by atoms with E-state index in [2.05, 4.69) is 21.1 Å². The van der Waals surface area contributed by atoms with Gasteiger partial charge in [-0.05, 0) is 75.3 Å². The van der Waals surface area contributed by atoms with Crippen LogP contribution in [0.5, 0.6) is 0 Å². The molecule has 0 spiro atoms. The van der Waals surface area contributed by atoms with Gasteiger partial charge in [-0.25, -0.2) is 9.59 Å². The van der Waals surface area contributed by atoms with Crippen molar-refractivity contribution >= 4 is 39.8 Å². The highest BCUT2D eigenvalue weighted by atomic mass is 79.9. The third kappa shape index (κ3) is 6.81. The fourth-order valence-electron chi connectivity index (χ4n) is 5.05. The molecular formula is C35H35BrN2O7. The van der Waals surface area contributed by atoms with Crippen LogP contribution in [-0.2, 0) is 25.0 Å². The van der Waals surface area contributed by atoms with Crippen molar-refractivity contribution in [2.75, 3.05) is 4.90 Å². The molecular weight excluding hydrogens is 640 g/mol. The van der Waals surface area contributed by atoms with E-state index in [-0.39, 0.29) is 17.1 Å². The molecule has 9 nitrogen and oxygen atoms in total. The van der Waals surface area contributed by atoms with Gasteiger partial charge in [0.05, 0.1) is 5.41 Å². The molecule has 3 aromatic carbocycles. The lowest BCUT2D eigenvalue weighted by Gasteiger charge is -2.26. The molecule has 1 aliphatic carbocycles. The van der Waals surface area contributed by atoms with Crippen LogP contribution in [0.3, 0.4) is 0 Å². The number of carbonyl (C=O) groups is 3. The molecule has 1 aromatic heterocycles. The monoisotopic (exact) mass is 676 g/mol. The highest BCUT2D eigenvalue weighted by molar-refractivity contribution is 9.08. The Morgan fingerprint density at radius 3 is 2.18 bits per heavy atom. The maximum Gasteiger partial charge on any atom is 0.424 e. The molecule has 0 radical (unpaired) electrons. The Labute approximate surface area is 273 Å². The molecule has 0 saturated heterocycles. The van der Waals surface area contributed by atoms with E-state index in [1.807, 2.05) is 36.4 Å². The molecule has 1 unspecified atom stereocenters. The number of carboxylic acid groups (broad SMARTS) is 1. The van der Waals surface area contributed by atoms with Crippen molar-refractivity contribution in [2.45, 2.75) is 69.9 Å². The normalized spacial score (nSPS) is 15.3. The number of aromatic nitrogens is 1. The molecule has 2 amide bonds. The molecule has 1 atom stereocenters. The van der Waals surface area contributed by atoms with Crippen molar-refractivity contribution in [3.05, 3.63) is 95.2 Å². The first kappa shape index (κ1) is 29.3. The third-order valence-corrected chi connectivity index (χ3v) is 8.09. The predicted octanol–water partition coefficient (Wildman–Crippen LogP) is 8.97. The molecule has 234 valence electrons. The van der Waals surface area contributed by atoms with Gasteiger partial charge in [-0.15, -0.1) is 0 Å². The molecule has 10 heteroatoms. The zero-order valence-corrected chi connectivity index (χ0v) is 27.2. The maximum atomic E-state index is 13.8. The van der Waals surface area contributed by atoms with Gasteiger partial charge >= 0.3 is 18.2 Å². The number of alkyl halides is 1. The van der Waals surface area contributed by atoms with E-state index in [0.29, 0.717) is 29.5 Å². The number of hydrogen-bond donors (Lipinski definition) is 1. The minimum atomic E-state index is -1.79. The number of aryl methyl sites for hydroxylation is 1. The summed E-state index contributed by atoms with van der Waals surface area (Å²) in [6.07, 6.45) is -1.62. The van der Waals surface area contributed by atoms with Crippen molar-refractivity contribution in [1.82, 2.24) is 5.16 Å². The van der Waals surface area contributed by atoms with Gasteiger partial charge in [-0.1, -0.05) is 93.9 Å². The molecule has 1 saturated carbocycles. The van der Waals surface area contributed by atoms with Gasteiger partial charge in [0, 0.05) is 13.6 Å². The summed E-state index contributed by atoms with van der Waals surface area (Å²) in [6, 6.07) is 21.2. The Balaban J connectivity index is 1.44. The Morgan fingerprint density at radius 2 is 1.62 bits per heavy atom. The van der Waals surface area contributed by atoms with E-state index in [9.17, 15) is 19.5 Å². The Kier molecular flexibility index (Phi) is 8.14. The minimum Gasteiger partial charge on any atom is -0.481 e. The second-order valence-corrected chi connectivity index (χ2v) is 12.4. The first-order chi connectivity index (χ1) is 22.0. The molecule has 1 heterocycles. The first-order valence-electron chi connectivity index (χ1n) is 15.4. The highest BCUT2D eigenvalue weighted by Crippen LogP contribution is 2.48. The summed E-state index contributed by atoms with van der Waals surface area (Å²) in [4.78, 5) is 39.8. The molecule has 1 aliphatic rings. The molecule has 45 heavy (non-hydrogen) atoms. The summed E-state index contributed by atoms with van der Waals surface area (Å²) >= 11 is 3.01. The number of hydrogen-bond acceptors (Lipinski definition) is 7. The lowest BCUT2D eigenvalue weighted by Crippen LogP contribution is -2.42. The molecule has 0 aliphatic heterocycles. The summed E-state index contributed by atoms with van der Waals surface area (Å²) in [5.74, 6) is -0.661. The molecule has 0 bridgehead atoms. The van der Waals surface area contributed by atoms with E-state index >= 15 is 0 Å². The van der Waals surface area contributed by atoms with Gasteiger partial charge in [0.15, 0.2) is 5.76 Å². The average molecular weight is 678 g/mol. The number of nitrogens with zero attached hydrogens (tertiary/aromatic N) is 2. The fraction of sp³-hybridized carbons (Fsp3) is 0.314. The Morgan fingerprint density at radius 1 is 1.02 bits per heavy atom. The van der Waals surface area contributed by atoms with Crippen LogP contribution in [0.15, 0.2) is 77.3 Å². The zero-order chi connectivity index (χ0) is 34.3. The van der Waals surface area contributed by atoms with E-state index in [4.69, 9.17) is 16.7 Å². The summed E-state index contributed by atoms with van der Waals surface area (Å²) in [7, 11) is 0. The van der Waals surface area contributed by atoms with Crippen LogP contribution < -0.4 is 4.90 Å². The zero-order valence-electron chi connectivity index (χ0n) is 27.6. The number of ether oxygens (including phenoxy) is 2. The largest absolute Gasteiger partial charge is 0.481 e. The number of rotatable bonds is 8. The number of benzene rings is 3. The lowest BCUT2D eigenvalue weighted by molar-refractivity contribution is -0.140. The topological polar surface area (TPSA) is 119 Å². The fourth-order valence-corrected chi connectivity index (χ4v) is 5.30.